The molecule has 1 aromatic heterocycles. The number of methoxy groups -OCH3 is 1. The van der Waals surface area contributed by atoms with Gasteiger partial charge in [0.2, 0.25) is 5.88 Å². The summed E-state index contributed by atoms with van der Waals surface area (Å²) in [5, 5.41) is 0. The van der Waals surface area contributed by atoms with E-state index >= 15 is 0 Å². The number of rotatable bonds is 3. The number of ether oxygens (including phenoxy) is 1. The molecular formula is C9H13NO3S. The van der Waals surface area contributed by atoms with Crippen LogP contribution in [0.15, 0.2) is 17.2 Å². The van der Waals surface area contributed by atoms with Crippen molar-refractivity contribution in [1.29, 1.82) is 0 Å². The molecule has 78 valence electrons. The highest BCUT2D eigenvalue weighted by atomic mass is 32.2. The van der Waals surface area contributed by atoms with E-state index in [4.69, 9.17) is 4.74 Å². The maximum Gasteiger partial charge on any atom is 0.232 e. The third-order valence-corrected chi connectivity index (χ3v) is 2.97. The van der Waals surface area contributed by atoms with E-state index in [2.05, 4.69) is 4.98 Å². The van der Waals surface area contributed by atoms with Crippen molar-refractivity contribution in [3.63, 3.8) is 0 Å². The van der Waals surface area contributed by atoms with Crippen LogP contribution in [0.4, 0.5) is 0 Å². The van der Waals surface area contributed by atoms with Gasteiger partial charge in [0.25, 0.3) is 0 Å². The van der Waals surface area contributed by atoms with Crippen molar-refractivity contribution in [2.75, 3.05) is 13.4 Å². The Morgan fingerprint density at radius 3 is 2.57 bits per heavy atom. The third kappa shape index (κ3) is 2.23. The highest BCUT2D eigenvalue weighted by Gasteiger charge is 2.15. The lowest BCUT2D eigenvalue weighted by atomic mass is 10.2. The van der Waals surface area contributed by atoms with E-state index < -0.39 is 9.84 Å². The predicted molar refractivity (Wildman–Crippen MR) is 53.3 cm³/mol. The monoisotopic (exact) mass is 215 g/mol. The number of aryl methyl sites for hydroxylation is 1. The van der Waals surface area contributed by atoms with Crippen LogP contribution >= 0.6 is 0 Å². The molecule has 0 saturated carbocycles. The number of hydrogen-bond donors (Lipinski definition) is 0. The van der Waals surface area contributed by atoms with Gasteiger partial charge in [-0.15, -0.1) is 0 Å². The molecular weight excluding hydrogens is 202 g/mol. The van der Waals surface area contributed by atoms with Gasteiger partial charge in [-0.1, -0.05) is 6.92 Å². The van der Waals surface area contributed by atoms with Crippen molar-refractivity contribution in [3.05, 3.63) is 17.8 Å². The molecule has 1 aromatic rings. The van der Waals surface area contributed by atoms with Gasteiger partial charge in [0.1, 0.15) is 4.90 Å². The van der Waals surface area contributed by atoms with Gasteiger partial charge < -0.3 is 4.74 Å². The van der Waals surface area contributed by atoms with Crippen LogP contribution in [0.3, 0.4) is 0 Å². The Morgan fingerprint density at radius 2 is 2.14 bits per heavy atom. The summed E-state index contributed by atoms with van der Waals surface area (Å²) in [5.74, 6) is 0.157. The van der Waals surface area contributed by atoms with Gasteiger partial charge in [-0.25, -0.2) is 13.4 Å². The van der Waals surface area contributed by atoms with E-state index in [9.17, 15) is 8.42 Å². The maximum absolute atomic E-state index is 11.4. The van der Waals surface area contributed by atoms with Crippen LogP contribution in [0.5, 0.6) is 5.88 Å². The van der Waals surface area contributed by atoms with Crippen molar-refractivity contribution in [2.45, 2.75) is 18.2 Å². The molecule has 1 heterocycles. The lowest BCUT2D eigenvalue weighted by Gasteiger charge is -2.06. The number of pyridine rings is 1. The molecule has 0 atom stereocenters. The quantitative estimate of drug-likeness (QED) is 0.756. The first-order chi connectivity index (χ1) is 6.49. The van der Waals surface area contributed by atoms with Crippen LogP contribution in [-0.2, 0) is 16.3 Å². The normalized spacial score (nSPS) is 11.4. The van der Waals surface area contributed by atoms with Crippen LogP contribution in [0.25, 0.3) is 0 Å². The molecule has 0 unspecified atom stereocenters. The zero-order valence-corrected chi connectivity index (χ0v) is 9.26. The molecule has 0 radical (unpaired) electrons. The lowest BCUT2D eigenvalue weighted by molar-refractivity contribution is 0.385. The maximum atomic E-state index is 11.4. The highest BCUT2D eigenvalue weighted by molar-refractivity contribution is 7.90. The summed E-state index contributed by atoms with van der Waals surface area (Å²) < 4.78 is 27.6. The van der Waals surface area contributed by atoms with Crippen LogP contribution in [0.1, 0.15) is 12.5 Å². The molecule has 0 spiro atoms. The fourth-order valence-electron chi connectivity index (χ4n) is 1.08. The fourth-order valence-corrected chi connectivity index (χ4v) is 1.90. The van der Waals surface area contributed by atoms with Crippen LogP contribution in [0, 0.1) is 0 Å². The first-order valence-electron chi connectivity index (χ1n) is 4.22. The lowest BCUT2D eigenvalue weighted by Crippen LogP contribution is -2.03. The number of hydrogen-bond acceptors (Lipinski definition) is 4. The number of aromatic nitrogens is 1. The fraction of sp³-hybridized carbons (Fsp3) is 0.444. The molecule has 4 nitrogen and oxygen atoms in total. The van der Waals surface area contributed by atoms with Gasteiger partial charge in [0.15, 0.2) is 9.84 Å². The number of sulfone groups is 1. The topological polar surface area (TPSA) is 56.3 Å². The second-order valence-electron chi connectivity index (χ2n) is 2.98. The molecule has 0 aliphatic heterocycles. The van der Waals surface area contributed by atoms with E-state index in [1.54, 1.807) is 12.3 Å². The number of nitrogens with zero attached hydrogens (tertiary/aromatic N) is 1. The first kappa shape index (κ1) is 11.0. The molecule has 0 aliphatic carbocycles. The SMILES string of the molecule is CCc1cnc(OC)c(S(C)(=O)=O)c1. The third-order valence-electron chi connectivity index (χ3n) is 1.88. The van der Waals surface area contributed by atoms with Crippen LogP contribution in [0.2, 0.25) is 0 Å². The van der Waals surface area contributed by atoms with Crippen molar-refractivity contribution in [2.24, 2.45) is 0 Å². The second-order valence-corrected chi connectivity index (χ2v) is 4.96. The summed E-state index contributed by atoms with van der Waals surface area (Å²) in [4.78, 5) is 4.09. The molecule has 5 heteroatoms. The summed E-state index contributed by atoms with van der Waals surface area (Å²) in [6.07, 6.45) is 3.51. The van der Waals surface area contributed by atoms with E-state index in [-0.39, 0.29) is 10.8 Å². The van der Waals surface area contributed by atoms with Gasteiger partial charge in [0.05, 0.1) is 7.11 Å². The summed E-state index contributed by atoms with van der Waals surface area (Å²) >= 11 is 0. The highest BCUT2D eigenvalue weighted by Crippen LogP contribution is 2.21. The molecule has 0 fully saturated rings. The standard InChI is InChI=1S/C9H13NO3S/c1-4-7-5-8(14(3,11)12)9(13-2)10-6-7/h5-6H,4H2,1-3H3. The van der Waals surface area contributed by atoms with Crippen molar-refractivity contribution in [1.82, 2.24) is 4.98 Å². The Labute approximate surface area is 83.8 Å². The van der Waals surface area contributed by atoms with Gasteiger partial charge in [-0.05, 0) is 18.1 Å². The minimum atomic E-state index is -3.27. The van der Waals surface area contributed by atoms with Gasteiger partial charge in [0, 0.05) is 12.5 Å². The minimum Gasteiger partial charge on any atom is -0.480 e. The summed E-state index contributed by atoms with van der Waals surface area (Å²) in [6, 6.07) is 1.60. The molecule has 0 aliphatic rings. The van der Waals surface area contributed by atoms with Gasteiger partial charge in [-0.2, -0.15) is 0 Å². The Bertz CT molecular complexity index is 426. The Morgan fingerprint density at radius 1 is 1.50 bits per heavy atom. The van der Waals surface area contributed by atoms with E-state index in [0.29, 0.717) is 0 Å². The zero-order chi connectivity index (χ0) is 10.8. The molecule has 0 saturated heterocycles. The van der Waals surface area contributed by atoms with Crippen molar-refractivity contribution < 1.29 is 13.2 Å². The molecule has 0 aromatic carbocycles. The average Bonchev–Trinajstić information content (AvgIpc) is 2.15. The second kappa shape index (κ2) is 3.96. The molecule has 1 rings (SSSR count). The minimum absolute atomic E-state index is 0.152. The molecule has 0 amide bonds. The van der Waals surface area contributed by atoms with Gasteiger partial charge in [-0.3, -0.25) is 0 Å². The average molecular weight is 215 g/mol. The zero-order valence-electron chi connectivity index (χ0n) is 8.44. The van der Waals surface area contributed by atoms with Crippen molar-refractivity contribution >= 4 is 9.84 Å². The largest absolute Gasteiger partial charge is 0.480 e. The van der Waals surface area contributed by atoms with Gasteiger partial charge >= 0.3 is 0 Å². The molecule has 0 bridgehead atoms. The summed E-state index contributed by atoms with van der Waals surface area (Å²) in [6.45, 7) is 1.94. The van der Waals surface area contributed by atoms with Crippen LogP contribution in [-0.4, -0.2) is 26.8 Å². The molecule has 0 N–H and O–H groups in total. The smallest absolute Gasteiger partial charge is 0.232 e. The van der Waals surface area contributed by atoms with E-state index in [1.807, 2.05) is 6.92 Å². The van der Waals surface area contributed by atoms with Crippen LogP contribution < -0.4 is 4.74 Å². The Balaban J connectivity index is 3.37. The first-order valence-corrected chi connectivity index (χ1v) is 6.11. The van der Waals surface area contributed by atoms with Crippen molar-refractivity contribution in [3.8, 4) is 5.88 Å². The van der Waals surface area contributed by atoms with E-state index in [0.717, 1.165) is 18.2 Å². The Hall–Kier alpha value is -1.10. The van der Waals surface area contributed by atoms with E-state index in [1.165, 1.54) is 7.11 Å². The summed E-state index contributed by atoms with van der Waals surface area (Å²) in [5.41, 5.74) is 0.881. The Kier molecular flexibility index (Phi) is 3.10. The predicted octanol–water partition coefficient (Wildman–Crippen LogP) is 1.06. The molecule has 14 heavy (non-hydrogen) atoms. The summed E-state index contributed by atoms with van der Waals surface area (Å²) in [7, 11) is -1.86.